The average molecular weight is 419 g/mol. The standard InChI is InChI=1S/C23H26N6O2/c1-31-17-7-8-20(29-11-9-16(24)10-12-29)18(13-17)28-23(30)21-22(25)26-14-19(27-21)15-5-3-2-4-6-15/h2-8,13-14,16H,9-12,24H2,1H3,(H2,25,26)(H,28,30). The second-order valence-electron chi connectivity index (χ2n) is 7.52. The third-order valence-electron chi connectivity index (χ3n) is 5.42. The number of nitrogens with two attached hydrogens (primary N) is 2. The molecule has 1 fully saturated rings. The van der Waals surface area contributed by atoms with E-state index in [9.17, 15) is 4.79 Å². The fraction of sp³-hybridized carbons (Fsp3) is 0.261. The Bertz CT molecular complexity index is 1060. The van der Waals surface area contributed by atoms with Crippen LogP contribution in [0.5, 0.6) is 5.75 Å². The third kappa shape index (κ3) is 4.59. The molecule has 8 heteroatoms. The Hall–Kier alpha value is -3.65. The summed E-state index contributed by atoms with van der Waals surface area (Å²) in [6.07, 6.45) is 3.36. The van der Waals surface area contributed by atoms with Crippen LogP contribution in [0.15, 0.2) is 54.7 Å². The fourth-order valence-corrected chi connectivity index (χ4v) is 3.65. The number of anilines is 3. The Kier molecular flexibility index (Phi) is 5.99. The van der Waals surface area contributed by atoms with Gasteiger partial charge < -0.3 is 26.4 Å². The summed E-state index contributed by atoms with van der Waals surface area (Å²) in [5, 5.41) is 2.96. The number of nitrogen functional groups attached to an aromatic ring is 1. The molecule has 0 saturated carbocycles. The van der Waals surface area contributed by atoms with Gasteiger partial charge in [0.25, 0.3) is 5.91 Å². The van der Waals surface area contributed by atoms with E-state index in [1.165, 1.54) is 0 Å². The summed E-state index contributed by atoms with van der Waals surface area (Å²) in [5.74, 6) is 0.293. The van der Waals surface area contributed by atoms with Gasteiger partial charge in [0, 0.05) is 30.8 Å². The van der Waals surface area contributed by atoms with Gasteiger partial charge in [-0.2, -0.15) is 0 Å². The molecule has 0 radical (unpaired) electrons. The van der Waals surface area contributed by atoms with E-state index in [1.807, 2.05) is 42.5 Å². The van der Waals surface area contributed by atoms with Gasteiger partial charge in [-0.15, -0.1) is 0 Å². The molecule has 0 aliphatic carbocycles. The molecule has 2 heterocycles. The minimum atomic E-state index is -0.425. The maximum Gasteiger partial charge on any atom is 0.278 e. The first-order valence-corrected chi connectivity index (χ1v) is 10.2. The molecule has 0 atom stereocenters. The average Bonchev–Trinajstić information content (AvgIpc) is 2.80. The first kappa shape index (κ1) is 20.6. The zero-order valence-electron chi connectivity index (χ0n) is 17.4. The summed E-state index contributed by atoms with van der Waals surface area (Å²) in [6, 6.07) is 15.4. The number of rotatable bonds is 5. The highest BCUT2D eigenvalue weighted by Gasteiger charge is 2.22. The number of methoxy groups -OCH3 is 1. The number of ether oxygens (including phenoxy) is 1. The van der Waals surface area contributed by atoms with Crippen LogP contribution in [0.4, 0.5) is 17.2 Å². The maximum atomic E-state index is 13.1. The maximum absolute atomic E-state index is 13.1. The van der Waals surface area contributed by atoms with Crippen molar-refractivity contribution in [3.05, 3.63) is 60.4 Å². The minimum absolute atomic E-state index is 0.0746. The van der Waals surface area contributed by atoms with Gasteiger partial charge in [-0.05, 0) is 25.0 Å². The van der Waals surface area contributed by atoms with E-state index in [0.29, 0.717) is 17.1 Å². The van der Waals surface area contributed by atoms with Crippen molar-refractivity contribution >= 4 is 23.1 Å². The third-order valence-corrected chi connectivity index (χ3v) is 5.42. The van der Waals surface area contributed by atoms with Crippen molar-refractivity contribution in [2.45, 2.75) is 18.9 Å². The number of nitrogens with one attached hydrogen (secondary N) is 1. The number of aromatic nitrogens is 2. The van der Waals surface area contributed by atoms with Crippen LogP contribution in [-0.2, 0) is 0 Å². The molecule has 0 bridgehead atoms. The lowest BCUT2D eigenvalue weighted by Gasteiger charge is -2.33. The quantitative estimate of drug-likeness (QED) is 0.583. The molecular weight excluding hydrogens is 392 g/mol. The van der Waals surface area contributed by atoms with E-state index in [-0.39, 0.29) is 17.6 Å². The van der Waals surface area contributed by atoms with Gasteiger partial charge in [0.2, 0.25) is 0 Å². The van der Waals surface area contributed by atoms with Crippen LogP contribution in [0, 0.1) is 0 Å². The molecule has 160 valence electrons. The number of carbonyl (C=O) groups excluding carboxylic acids is 1. The van der Waals surface area contributed by atoms with Crippen molar-refractivity contribution in [1.29, 1.82) is 0 Å². The molecular formula is C23H26N6O2. The number of piperidine rings is 1. The smallest absolute Gasteiger partial charge is 0.278 e. The summed E-state index contributed by atoms with van der Waals surface area (Å²) < 4.78 is 5.36. The van der Waals surface area contributed by atoms with E-state index in [0.717, 1.165) is 37.2 Å². The summed E-state index contributed by atoms with van der Waals surface area (Å²) in [4.78, 5) is 24.0. The van der Waals surface area contributed by atoms with Crippen LogP contribution in [0.1, 0.15) is 23.3 Å². The van der Waals surface area contributed by atoms with Crippen LogP contribution in [0.25, 0.3) is 11.3 Å². The number of nitrogens with zero attached hydrogens (tertiary/aromatic N) is 3. The Balaban J connectivity index is 1.64. The zero-order valence-corrected chi connectivity index (χ0v) is 17.4. The molecule has 1 aliphatic rings. The van der Waals surface area contributed by atoms with Gasteiger partial charge >= 0.3 is 0 Å². The van der Waals surface area contributed by atoms with E-state index >= 15 is 0 Å². The van der Waals surface area contributed by atoms with Gasteiger partial charge in [-0.1, -0.05) is 30.3 Å². The van der Waals surface area contributed by atoms with Gasteiger partial charge in [0.15, 0.2) is 11.5 Å². The van der Waals surface area contributed by atoms with Gasteiger partial charge in [0.1, 0.15) is 5.75 Å². The van der Waals surface area contributed by atoms with Gasteiger partial charge in [-0.3, -0.25) is 4.79 Å². The predicted molar refractivity (Wildman–Crippen MR) is 122 cm³/mol. The van der Waals surface area contributed by atoms with Crippen LogP contribution < -0.4 is 26.4 Å². The molecule has 1 aliphatic heterocycles. The minimum Gasteiger partial charge on any atom is -0.497 e. The molecule has 5 N–H and O–H groups in total. The molecule has 8 nitrogen and oxygen atoms in total. The monoisotopic (exact) mass is 418 g/mol. The predicted octanol–water partition coefficient (Wildman–Crippen LogP) is 2.91. The molecule has 2 aromatic carbocycles. The van der Waals surface area contributed by atoms with E-state index in [2.05, 4.69) is 20.2 Å². The van der Waals surface area contributed by atoms with Crippen LogP contribution in [0.3, 0.4) is 0 Å². The lowest BCUT2D eigenvalue weighted by Crippen LogP contribution is -2.40. The Morgan fingerprint density at radius 1 is 1.16 bits per heavy atom. The zero-order chi connectivity index (χ0) is 21.8. The second kappa shape index (κ2) is 9.01. The SMILES string of the molecule is COc1ccc(N2CCC(N)CC2)c(NC(=O)c2nc(-c3ccccc3)cnc2N)c1. The van der Waals surface area contributed by atoms with E-state index in [4.69, 9.17) is 16.2 Å². The lowest BCUT2D eigenvalue weighted by molar-refractivity contribution is 0.102. The topological polar surface area (TPSA) is 119 Å². The van der Waals surface area contributed by atoms with Crippen molar-refractivity contribution in [3.63, 3.8) is 0 Å². The first-order chi connectivity index (χ1) is 15.0. The Labute approximate surface area is 181 Å². The number of hydrogen-bond donors (Lipinski definition) is 3. The number of hydrogen-bond acceptors (Lipinski definition) is 7. The van der Waals surface area contributed by atoms with Gasteiger partial charge in [0.05, 0.1) is 30.4 Å². The van der Waals surface area contributed by atoms with Crippen molar-refractivity contribution < 1.29 is 9.53 Å². The normalized spacial score (nSPS) is 14.3. The molecule has 1 saturated heterocycles. The van der Waals surface area contributed by atoms with Gasteiger partial charge in [-0.25, -0.2) is 9.97 Å². The largest absolute Gasteiger partial charge is 0.497 e. The van der Waals surface area contributed by atoms with Crippen molar-refractivity contribution in [1.82, 2.24) is 9.97 Å². The molecule has 4 rings (SSSR count). The number of amides is 1. The lowest BCUT2D eigenvalue weighted by atomic mass is 10.0. The summed E-state index contributed by atoms with van der Waals surface area (Å²) in [5.41, 5.74) is 15.1. The molecule has 31 heavy (non-hydrogen) atoms. The van der Waals surface area contributed by atoms with Crippen LogP contribution in [-0.4, -0.2) is 42.1 Å². The molecule has 0 spiro atoms. The number of carbonyl (C=O) groups is 1. The summed E-state index contributed by atoms with van der Waals surface area (Å²) >= 11 is 0. The summed E-state index contributed by atoms with van der Waals surface area (Å²) in [7, 11) is 1.59. The first-order valence-electron chi connectivity index (χ1n) is 10.2. The number of benzene rings is 2. The highest BCUT2D eigenvalue weighted by atomic mass is 16.5. The highest BCUT2D eigenvalue weighted by molar-refractivity contribution is 6.07. The molecule has 0 unspecified atom stereocenters. The summed E-state index contributed by atoms with van der Waals surface area (Å²) in [6.45, 7) is 1.64. The van der Waals surface area contributed by atoms with Crippen molar-refractivity contribution in [3.8, 4) is 17.0 Å². The van der Waals surface area contributed by atoms with E-state index in [1.54, 1.807) is 19.4 Å². The Morgan fingerprint density at radius 2 is 1.90 bits per heavy atom. The molecule has 1 aromatic heterocycles. The molecule has 3 aromatic rings. The van der Waals surface area contributed by atoms with Crippen molar-refractivity contribution in [2.75, 3.05) is 36.1 Å². The molecule has 1 amide bonds. The van der Waals surface area contributed by atoms with Crippen molar-refractivity contribution in [2.24, 2.45) is 5.73 Å². The second-order valence-corrected chi connectivity index (χ2v) is 7.52. The Morgan fingerprint density at radius 3 is 2.61 bits per heavy atom. The van der Waals surface area contributed by atoms with Crippen LogP contribution >= 0.6 is 0 Å². The van der Waals surface area contributed by atoms with Crippen LogP contribution in [0.2, 0.25) is 0 Å². The van der Waals surface area contributed by atoms with E-state index < -0.39 is 5.91 Å². The highest BCUT2D eigenvalue weighted by Crippen LogP contribution is 2.32. The fourth-order valence-electron chi connectivity index (χ4n) is 3.65.